The highest BCUT2D eigenvalue weighted by Crippen LogP contribution is 2.28. The number of carboxylic acids is 1. The lowest BCUT2D eigenvalue weighted by atomic mass is 10.2. The maximum atomic E-state index is 11.1. The number of rotatable bonds is 3. The van der Waals surface area contributed by atoms with Gasteiger partial charge in [-0.3, -0.25) is 0 Å². The van der Waals surface area contributed by atoms with Crippen molar-refractivity contribution in [3.05, 3.63) is 51.6 Å². The minimum absolute atomic E-state index is 0.0490. The van der Waals surface area contributed by atoms with E-state index in [-0.39, 0.29) is 11.4 Å². The van der Waals surface area contributed by atoms with Gasteiger partial charge in [-0.05, 0) is 49.7 Å². The smallest absolute Gasteiger partial charge is 0.341 e. The molecule has 1 aromatic heterocycles. The standard InChI is InChI=1S/C14H12BrNO3/c1-8-7-10(15)4-6-12(8)19-13-11(14(17)18)5-3-9(2)16-13/h3-7H,1-2H3,(H,17,18). The lowest BCUT2D eigenvalue weighted by Crippen LogP contribution is -2.03. The van der Waals surface area contributed by atoms with E-state index >= 15 is 0 Å². The summed E-state index contributed by atoms with van der Waals surface area (Å²) in [6, 6.07) is 8.64. The molecule has 1 heterocycles. The van der Waals surface area contributed by atoms with Crippen molar-refractivity contribution in [3.63, 3.8) is 0 Å². The lowest BCUT2D eigenvalue weighted by Gasteiger charge is -2.10. The van der Waals surface area contributed by atoms with E-state index < -0.39 is 5.97 Å². The molecule has 4 nitrogen and oxygen atoms in total. The van der Waals surface area contributed by atoms with Crippen molar-refractivity contribution >= 4 is 21.9 Å². The van der Waals surface area contributed by atoms with Gasteiger partial charge in [0.05, 0.1) is 0 Å². The highest BCUT2D eigenvalue weighted by Gasteiger charge is 2.14. The number of aromatic carboxylic acids is 1. The Morgan fingerprint density at radius 1 is 1.26 bits per heavy atom. The van der Waals surface area contributed by atoms with Crippen molar-refractivity contribution in [2.24, 2.45) is 0 Å². The fourth-order valence-corrected chi connectivity index (χ4v) is 2.08. The predicted molar refractivity (Wildman–Crippen MR) is 74.9 cm³/mol. The molecular formula is C14H12BrNO3. The number of hydrogen-bond donors (Lipinski definition) is 1. The molecule has 19 heavy (non-hydrogen) atoms. The van der Waals surface area contributed by atoms with Crippen LogP contribution in [0.15, 0.2) is 34.8 Å². The van der Waals surface area contributed by atoms with Crippen LogP contribution in [0.2, 0.25) is 0 Å². The molecule has 0 bridgehead atoms. The number of hydrogen-bond acceptors (Lipinski definition) is 3. The maximum absolute atomic E-state index is 11.1. The molecule has 0 radical (unpaired) electrons. The molecule has 2 rings (SSSR count). The number of aryl methyl sites for hydroxylation is 2. The van der Waals surface area contributed by atoms with Crippen LogP contribution in [0, 0.1) is 13.8 Å². The zero-order valence-corrected chi connectivity index (χ0v) is 12.1. The number of carboxylic acid groups (broad SMARTS) is 1. The van der Waals surface area contributed by atoms with Crippen molar-refractivity contribution in [2.75, 3.05) is 0 Å². The molecule has 1 aromatic carbocycles. The van der Waals surface area contributed by atoms with Crippen LogP contribution < -0.4 is 4.74 Å². The number of benzene rings is 1. The van der Waals surface area contributed by atoms with Gasteiger partial charge in [-0.2, -0.15) is 0 Å². The summed E-state index contributed by atoms with van der Waals surface area (Å²) in [6.07, 6.45) is 0. The Bertz CT molecular complexity index is 641. The predicted octanol–water partition coefficient (Wildman–Crippen LogP) is 3.95. The number of ether oxygens (including phenoxy) is 1. The van der Waals surface area contributed by atoms with Crippen molar-refractivity contribution in [1.82, 2.24) is 4.98 Å². The van der Waals surface area contributed by atoms with Gasteiger partial charge in [0.2, 0.25) is 5.88 Å². The van der Waals surface area contributed by atoms with Crippen LogP contribution in [-0.2, 0) is 0 Å². The topological polar surface area (TPSA) is 59.4 Å². The van der Waals surface area contributed by atoms with Gasteiger partial charge in [0.1, 0.15) is 11.3 Å². The Morgan fingerprint density at radius 3 is 2.63 bits per heavy atom. The second-order valence-corrected chi connectivity index (χ2v) is 5.04. The van der Waals surface area contributed by atoms with E-state index in [1.54, 1.807) is 19.1 Å². The Hall–Kier alpha value is -1.88. The van der Waals surface area contributed by atoms with Crippen molar-refractivity contribution in [2.45, 2.75) is 13.8 Å². The summed E-state index contributed by atoms with van der Waals surface area (Å²) in [6.45, 7) is 3.67. The van der Waals surface area contributed by atoms with Gasteiger partial charge >= 0.3 is 5.97 Å². The first-order valence-corrected chi connectivity index (χ1v) is 6.41. The molecule has 5 heteroatoms. The van der Waals surface area contributed by atoms with Crippen LogP contribution >= 0.6 is 15.9 Å². The average molecular weight is 322 g/mol. The van der Waals surface area contributed by atoms with E-state index in [1.165, 1.54) is 6.07 Å². The number of pyridine rings is 1. The first-order valence-electron chi connectivity index (χ1n) is 5.62. The van der Waals surface area contributed by atoms with E-state index in [0.717, 1.165) is 10.0 Å². The van der Waals surface area contributed by atoms with Crippen LogP contribution in [0.5, 0.6) is 11.6 Å². The Kier molecular flexibility index (Phi) is 3.85. The Labute approximate surface area is 119 Å². The van der Waals surface area contributed by atoms with Gasteiger partial charge in [0, 0.05) is 10.2 Å². The molecule has 0 aliphatic heterocycles. The van der Waals surface area contributed by atoms with E-state index in [0.29, 0.717) is 11.4 Å². The maximum Gasteiger partial charge on any atom is 0.341 e. The third-order valence-electron chi connectivity index (χ3n) is 2.57. The number of halogens is 1. The summed E-state index contributed by atoms with van der Waals surface area (Å²) in [5.74, 6) is -0.362. The SMILES string of the molecule is Cc1ccc(C(=O)O)c(Oc2ccc(Br)cc2C)n1. The zero-order chi connectivity index (χ0) is 14.0. The second-order valence-electron chi connectivity index (χ2n) is 4.12. The molecule has 0 spiro atoms. The third kappa shape index (κ3) is 3.12. The molecule has 0 atom stereocenters. The molecule has 98 valence electrons. The van der Waals surface area contributed by atoms with Crippen LogP contribution in [0.3, 0.4) is 0 Å². The largest absolute Gasteiger partial charge is 0.477 e. The Morgan fingerprint density at radius 2 is 2.00 bits per heavy atom. The number of carbonyl (C=O) groups is 1. The normalized spacial score (nSPS) is 10.3. The first kappa shape index (κ1) is 13.5. The van der Waals surface area contributed by atoms with E-state index in [1.807, 2.05) is 19.1 Å². The molecule has 0 unspecified atom stereocenters. The summed E-state index contributed by atoms with van der Waals surface area (Å²) < 4.78 is 6.56. The zero-order valence-electron chi connectivity index (χ0n) is 10.5. The first-order chi connectivity index (χ1) is 8.97. The summed E-state index contributed by atoms with van der Waals surface area (Å²) >= 11 is 3.37. The molecule has 0 aliphatic carbocycles. The van der Waals surface area contributed by atoms with E-state index in [4.69, 9.17) is 9.84 Å². The van der Waals surface area contributed by atoms with Crippen molar-refractivity contribution in [3.8, 4) is 11.6 Å². The molecule has 0 saturated heterocycles. The van der Waals surface area contributed by atoms with E-state index in [9.17, 15) is 4.79 Å². The van der Waals surface area contributed by atoms with Crippen LogP contribution in [0.4, 0.5) is 0 Å². The number of aromatic nitrogens is 1. The Balaban J connectivity index is 2.42. The number of nitrogens with zero attached hydrogens (tertiary/aromatic N) is 1. The molecule has 0 saturated carbocycles. The summed E-state index contributed by atoms with van der Waals surface area (Å²) in [5.41, 5.74) is 1.65. The van der Waals surface area contributed by atoms with Crippen molar-refractivity contribution < 1.29 is 14.6 Å². The van der Waals surface area contributed by atoms with Gasteiger partial charge in [-0.25, -0.2) is 9.78 Å². The lowest BCUT2D eigenvalue weighted by molar-refractivity contribution is 0.0693. The van der Waals surface area contributed by atoms with Gasteiger partial charge in [-0.1, -0.05) is 15.9 Å². The average Bonchev–Trinajstić information content (AvgIpc) is 2.32. The van der Waals surface area contributed by atoms with Gasteiger partial charge in [0.25, 0.3) is 0 Å². The quantitative estimate of drug-likeness (QED) is 0.929. The third-order valence-corrected chi connectivity index (χ3v) is 3.07. The van der Waals surface area contributed by atoms with E-state index in [2.05, 4.69) is 20.9 Å². The van der Waals surface area contributed by atoms with Crippen LogP contribution in [-0.4, -0.2) is 16.1 Å². The summed E-state index contributed by atoms with van der Waals surface area (Å²) in [4.78, 5) is 15.3. The van der Waals surface area contributed by atoms with Gasteiger partial charge in [0.15, 0.2) is 0 Å². The molecule has 0 fully saturated rings. The summed E-state index contributed by atoms with van der Waals surface area (Å²) in [5, 5.41) is 9.12. The highest BCUT2D eigenvalue weighted by molar-refractivity contribution is 9.10. The second kappa shape index (κ2) is 5.40. The van der Waals surface area contributed by atoms with Gasteiger partial charge in [-0.15, -0.1) is 0 Å². The molecule has 2 aromatic rings. The fourth-order valence-electron chi connectivity index (χ4n) is 1.60. The van der Waals surface area contributed by atoms with Gasteiger partial charge < -0.3 is 9.84 Å². The molecule has 0 amide bonds. The molecular weight excluding hydrogens is 310 g/mol. The highest BCUT2D eigenvalue weighted by atomic mass is 79.9. The molecule has 1 N–H and O–H groups in total. The fraction of sp³-hybridized carbons (Fsp3) is 0.143. The summed E-state index contributed by atoms with van der Waals surface area (Å²) in [7, 11) is 0. The van der Waals surface area contributed by atoms with Crippen LogP contribution in [0.25, 0.3) is 0 Å². The monoisotopic (exact) mass is 321 g/mol. The molecule has 0 aliphatic rings. The van der Waals surface area contributed by atoms with Crippen LogP contribution in [0.1, 0.15) is 21.6 Å². The minimum Gasteiger partial charge on any atom is -0.477 e. The van der Waals surface area contributed by atoms with Crippen molar-refractivity contribution in [1.29, 1.82) is 0 Å². The minimum atomic E-state index is -1.06.